The monoisotopic (exact) mass is 350 g/mol. The van der Waals surface area contributed by atoms with Gasteiger partial charge in [0.2, 0.25) is 5.91 Å². The number of nitrogens with two attached hydrogens (primary N) is 1. The summed E-state index contributed by atoms with van der Waals surface area (Å²) in [7, 11) is 0. The van der Waals surface area contributed by atoms with E-state index in [4.69, 9.17) is 28.9 Å². The van der Waals surface area contributed by atoms with Gasteiger partial charge in [0.05, 0.1) is 16.5 Å². The van der Waals surface area contributed by atoms with Crippen LogP contribution in [-0.4, -0.2) is 29.9 Å². The molecule has 0 bridgehead atoms. The predicted octanol–water partition coefficient (Wildman–Crippen LogP) is 3.54. The number of rotatable bonds is 3. The second kappa shape index (κ2) is 8.23. The Balaban J connectivity index is 0.00000220. The van der Waals surface area contributed by atoms with Crippen molar-refractivity contribution in [2.45, 2.75) is 32.2 Å². The van der Waals surface area contributed by atoms with Gasteiger partial charge in [0.25, 0.3) is 0 Å². The third-order valence-corrected chi connectivity index (χ3v) is 4.71. The smallest absolute Gasteiger partial charge is 0.226 e. The van der Waals surface area contributed by atoms with Crippen molar-refractivity contribution in [2.75, 3.05) is 13.1 Å². The zero-order chi connectivity index (χ0) is 14.7. The van der Waals surface area contributed by atoms with Crippen LogP contribution in [0.3, 0.4) is 0 Å². The molecule has 2 N–H and O–H groups in total. The van der Waals surface area contributed by atoms with E-state index in [9.17, 15) is 4.79 Å². The van der Waals surface area contributed by atoms with E-state index in [1.54, 1.807) is 12.1 Å². The molecule has 1 aliphatic rings. The third-order valence-electron chi connectivity index (χ3n) is 3.98. The molecular formula is C15H21Cl3N2O. The molecule has 0 aromatic heterocycles. The molecule has 1 atom stereocenters. The van der Waals surface area contributed by atoms with E-state index in [-0.39, 0.29) is 24.4 Å². The van der Waals surface area contributed by atoms with Crippen molar-refractivity contribution in [3.05, 3.63) is 33.8 Å². The Kier molecular flexibility index (Phi) is 7.28. The van der Waals surface area contributed by atoms with Crippen LogP contribution in [0.5, 0.6) is 0 Å². The van der Waals surface area contributed by atoms with E-state index < -0.39 is 0 Å². The molecule has 118 valence electrons. The lowest BCUT2D eigenvalue weighted by molar-refractivity contribution is -0.131. The quantitative estimate of drug-likeness (QED) is 0.905. The van der Waals surface area contributed by atoms with Gasteiger partial charge in [0.1, 0.15) is 0 Å². The summed E-state index contributed by atoms with van der Waals surface area (Å²) < 4.78 is 0. The molecule has 0 radical (unpaired) electrons. The second-order valence-corrected chi connectivity index (χ2v) is 6.32. The number of likely N-dealkylation sites (tertiary alicyclic amines) is 1. The van der Waals surface area contributed by atoms with Crippen LogP contribution in [0, 0.1) is 5.92 Å². The first kappa shape index (κ1) is 18.6. The van der Waals surface area contributed by atoms with E-state index in [1.807, 2.05) is 17.9 Å². The fourth-order valence-electron chi connectivity index (χ4n) is 2.61. The van der Waals surface area contributed by atoms with Gasteiger partial charge in [-0.15, -0.1) is 12.4 Å². The van der Waals surface area contributed by atoms with Crippen molar-refractivity contribution in [3.8, 4) is 0 Å². The normalized spacial score (nSPS) is 17.2. The van der Waals surface area contributed by atoms with Crippen molar-refractivity contribution in [1.29, 1.82) is 0 Å². The number of piperidine rings is 1. The van der Waals surface area contributed by atoms with Crippen molar-refractivity contribution in [3.63, 3.8) is 0 Å². The van der Waals surface area contributed by atoms with Crippen molar-refractivity contribution in [1.82, 2.24) is 4.90 Å². The lowest BCUT2D eigenvalue weighted by atomic mass is 9.91. The molecule has 0 aliphatic carbocycles. The number of nitrogens with zero attached hydrogens (tertiary/aromatic N) is 1. The molecule has 0 spiro atoms. The van der Waals surface area contributed by atoms with E-state index in [0.29, 0.717) is 22.4 Å². The van der Waals surface area contributed by atoms with Gasteiger partial charge >= 0.3 is 0 Å². The van der Waals surface area contributed by atoms with Gasteiger partial charge in [-0.1, -0.05) is 29.3 Å². The van der Waals surface area contributed by atoms with Crippen molar-refractivity contribution in [2.24, 2.45) is 11.7 Å². The molecule has 0 saturated carbocycles. The summed E-state index contributed by atoms with van der Waals surface area (Å²) >= 11 is 11.8. The molecule has 1 amide bonds. The van der Waals surface area contributed by atoms with Crippen LogP contribution in [0.1, 0.15) is 25.3 Å². The van der Waals surface area contributed by atoms with Gasteiger partial charge in [-0.25, -0.2) is 0 Å². The highest BCUT2D eigenvalue weighted by atomic mass is 35.5. The molecule has 1 fully saturated rings. The average Bonchev–Trinajstić information content (AvgIpc) is 2.43. The average molecular weight is 352 g/mol. The topological polar surface area (TPSA) is 46.3 Å². The highest BCUT2D eigenvalue weighted by Crippen LogP contribution is 2.24. The number of amides is 1. The molecule has 1 aromatic carbocycles. The van der Waals surface area contributed by atoms with Gasteiger partial charge in [0.15, 0.2) is 0 Å². The Labute approximate surface area is 142 Å². The molecule has 1 aliphatic heterocycles. The number of hydrogen-bond donors (Lipinski definition) is 1. The Morgan fingerprint density at radius 2 is 1.95 bits per heavy atom. The minimum atomic E-state index is 0. The van der Waals surface area contributed by atoms with E-state index in [2.05, 4.69) is 0 Å². The van der Waals surface area contributed by atoms with Crippen molar-refractivity contribution < 1.29 is 4.79 Å². The molecule has 6 heteroatoms. The lowest BCUT2D eigenvalue weighted by Crippen LogP contribution is -2.43. The van der Waals surface area contributed by atoms with Crippen LogP contribution in [0.25, 0.3) is 0 Å². The van der Waals surface area contributed by atoms with E-state index in [0.717, 1.165) is 31.5 Å². The number of halogens is 3. The summed E-state index contributed by atoms with van der Waals surface area (Å²) in [6.07, 6.45) is 2.36. The lowest BCUT2D eigenvalue weighted by Gasteiger charge is -2.33. The summed E-state index contributed by atoms with van der Waals surface area (Å²) in [6.45, 7) is 3.64. The van der Waals surface area contributed by atoms with Crippen LogP contribution >= 0.6 is 35.6 Å². The Morgan fingerprint density at radius 3 is 2.48 bits per heavy atom. The fourth-order valence-corrected chi connectivity index (χ4v) is 2.93. The maximum absolute atomic E-state index is 12.3. The molecule has 2 rings (SSSR count). The molecule has 1 saturated heterocycles. The molecule has 1 unspecified atom stereocenters. The Hall–Kier alpha value is -0.480. The summed E-state index contributed by atoms with van der Waals surface area (Å²) in [5.74, 6) is 0.676. The van der Waals surface area contributed by atoms with Crippen LogP contribution in [0.15, 0.2) is 18.2 Å². The number of carbonyl (C=O) groups is 1. The number of hydrogen-bond acceptors (Lipinski definition) is 2. The van der Waals surface area contributed by atoms with Crippen LogP contribution in [0.2, 0.25) is 10.0 Å². The molecule has 1 aromatic rings. The van der Waals surface area contributed by atoms with Gasteiger partial charge < -0.3 is 10.6 Å². The SMILES string of the molecule is CC(N)C1CCN(C(=O)Cc2ccc(Cl)c(Cl)c2)CC1.Cl. The van der Waals surface area contributed by atoms with E-state index in [1.165, 1.54) is 0 Å². The van der Waals surface area contributed by atoms with Gasteiger partial charge in [-0.2, -0.15) is 0 Å². The summed E-state index contributed by atoms with van der Waals surface area (Å²) in [6, 6.07) is 5.55. The highest BCUT2D eigenvalue weighted by molar-refractivity contribution is 6.42. The number of benzene rings is 1. The summed E-state index contributed by atoms with van der Waals surface area (Å²) in [4.78, 5) is 14.2. The fraction of sp³-hybridized carbons (Fsp3) is 0.533. The predicted molar refractivity (Wildman–Crippen MR) is 90.4 cm³/mol. The Morgan fingerprint density at radius 1 is 1.33 bits per heavy atom. The summed E-state index contributed by atoms with van der Waals surface area (Å²) in [5, 5.41) is 1.01. The van der Waals surface area contributed by atoms with E-state index >= 15 is 0 Å². The molecule has 21 heavy (non-hydrogen) atoms. The molecule has 1 heterocycles. The highest BCUT2D eigenvalue weighted by Gasteiger charge is 2.24. The standard InChI is InChI=1S/C15H20Cl2N2O.ClH/c1-10(18)12-4-6-19(7-5-12)15(20)9-11-2-3-13(16)14(17)8-11;/h2-3,8,10,12H,4-7,9,18H2,1H3;1H. The van der Waals surface area contributed by atoms with Crippen molar-refractivity contribution >= 4 is 41.5 Å². The maximum atomic E-state index is 12.3. The van der Waals surface area contributed by atoms with Crippen LogP contribution in [-0.2, 0) is 11.2 Å². The second-order valence-electron chi connectivity index (χ2n) is 5.50. The Bertz CT molecular complexity index is 486. The molecular weight excluding hydrogens is 331 g/mol. The minimum absolute atomic E-state index is 0. The third kappa shape index (κ3) is 5.03. The first-order valence-corrected chi connectivity index (χ1v) is 7.70. The van der Waals surface area contributed by atoms with Crippen LogP contribution < -0.4 is 5.73 Å². The maximum Gasteiger partial charge on any atom is 0.226 e. The molecule has 3 nitrogen and oxygen atoms in total. The first-order chi connectivity index (χ1) is 9.47. The largest absolute Gasteiger partial charge is 0.342 e. The van der Waals surface area contributed by atoms with Gasteiger partial charge in [0, 0.05) is 19.1 Å². The van der Waals surface area contributed by atoms with Crippen LogP contribution in [0.4, 0.5) is 0 Å². The zero-order valence-corrected chi connectivity index (χ0v) is 14.3. The first-order valence-electron chi connectivity index (χ1n) is 6.94. The number of carbonyl (C=O) groups excluding carboxylic acids is 1. The van der Waals surface area contributed by atoms with Gasteiger partial charge in [-0.05, 0) is 43.4 Å². The minimum Gasteiger partial charge on any atom is -0.342 e. The zero-order valence-electron chi connectivity index (χ0n) is 12.0. The summed E-state index contributed by atoms with van der Waals surface area (Å²) in [5.41, 5.74) is 6.81. The van der Waals surface area contributed by atoms with Gasteiger partial charge in [-0.3, -0.25) is 4.79 Å².